The first-order valence-electron chi connectivity index (χ1n) is 8.98. The van der Waals surface area contributed by atoms with E-state index in [1.165, 1.54) is 17.0 Å². The first-order valence-corrected chi connectivity index (χ1v) is 8.98. The summed E-state index contributed by atoms with van der Waals surface area (Å²) in [4.78, 5) is 26.3. The average Bonchev–Trinajstić information content (AvgIpc) is 3.31. The quantitative estimate of drug-likeness (QED) is 0.793. The van der Waals surface area contributed by atoms with Crippen LogP contribution in [0.15, 0.2) is 42.5 Å². The number of ether oxygens (including phenoxy) is 2. The molecule has 0 spiro atoms. The van der Waals surface area contributed by atoms with E-state index in [4.69, 9.17) is 9.47 Å². The molecule has 0 unspecified atom stereocenters. The molecule has 0 radical (unpaired) electrons. The van der Waals surface area contributed by atoms with Crippen LogP contribution < -0.4 is 19.7 Å². The zero-order valence-electron chi connectivity index (χ0n) is 15.2. The summed E-state index contributed by atoms with van der Waals surface area (Å²) < 4.78 is 49.3. The molecule has 9 heteroatoms. The lowest BCUT2D eigenvalue weighted by atomic mass is 10.1. The number of alkyl halides is 3. The molecule has 29 heavy (non-hydrogen) atoms. The number of amides is 2. The Labute approximate surface area is 164 Å². The minimum Gasteiger partial charge on any atom is -0.454 e. The third kappa shape index (κ3) is 3.85. The lowest BCUT2D eigenvalue weighted by molar-refractivity contribution is -0.138. The van der Waals surface area contributed by atoms with Gasteiger partial charge in [0.25, 0.3) is 0 Å². The number of hydrogen-bond acceptors (Lipinski definition) is 4. The van der Waals surface area contributed by atoms with Crippen molar-refractivity contribution in [2.45, 2.75) is 19.1 Å². The summed E-state index contributed by atoms with van der Waals surface area (Å²) in [5.41, 5.74) is 0.0807. The number of nitrogens with one attached hydrogen (secondary N) is 1. The van der Waals surface area contributed by atoms with Crippen LogP contribution in [0.5, 0.6) is 11.5 Å². The van der Waals surface area contributed by atoms with Crippen molar-refractivity contribution in [3.63, 3.8) is 0 Å². The third-order valence-corrected chi connectivity index (χ3v) is 4.91. The average molecular weight is 406 g/mol. The maximum Gasteiger partial charge on any atom is 0.416 e. The monoisotopic (exact) mass is 406 g/mol. The fraction of sp³-hybridized carbons (Fsp3) is 0.300. The molecule has 2 heterocycles. The molecule has 0 aliphatic carbocycles. The molecular formula is C20H17F3N2O4. The van der Waals surface area contributed by atoms with E-state index < -0.39 is 29.5 Å². The molecule has 2 aliphatic rings. The second kappa shape index (κ2) is 7.31. The van der Waals surface area contributed by atoms with Gasteiger partial charge in [0, 0.05) is 18.8 Å². The highest BCUT2D eigenvalue weighted by molar-refractivity contribution is 6.09. The van der Waals surface area contributed by atoms with Crippen molar-refractivity contribution >= 4 is 17.5 Å². The molecule has 0 aromatic heterocycles. The zero-order valence-corrected chi connectivity index (χ0v) is 15.2. The maximum absolute atomic E-state index is 12.9. The summed E-state index contributed by atoms with van der Waals surface area (Å²) in [5, 5.41) is 2.71. The van der Waals surface area contributed by atoms with E-state index in [1.807, 2.05) is 0 Å². The van der Waals surface area contributed by atoms with E-state index in [0.29, 0.717) is 11.5 Å². The van der Waals surface area contributed by atoms with Gasteiger partial charge in [-0.05, 0) is 42.3 Å². The first-order chi connectivity index (χ1) is 13.8. The van der Waals surface area contributed by atoms with Crippen molar-refractivity contribution in [2.75, 3.05) is 18.2 Å². The smallest absolute Gasteiger partial charge is 0.416 e. The molecule has 2 aromatic rings. The van der Waals surface area contributed by atoms with Gasteiger partial charge in [0.1, 0.15) is 5.92 Å². The maximum atomic E-state index is 12.9. The summed E-state index contributed by atoms with van der Waals surface area (Å²) in [5.74, 6) is -0.680. The Morgan fingerprint density at radius 1 is 1.14 bits per heavy atom. The van der Waals surface area contributed by atoms with Crippen molar-refractivity contribution in [2.24, 2.45) is 5.92 Å². The number of rotatable bonds is 4. The predicted octanol–water partition coefficient (Wildman–Crippen LogP) is 3.10. The summed E-state index contributed by atoms with van der Waals surface area (Å²) in [7, 11) is 0. The van der Waals surface area contributed by atoms with Gasteiger partial charge in [-0.1, -0.05) is 12.1 Å². The van der Waals surface area contributed by atoms with Crippen molar-refractivity contribution in [3.05, 3.63) is 53.6 Å². The van der Waals surface area contributed by atoms with Crippen LogP contribution in [0.1, 0.15) is 17.5 Å². The molecular weight excluding hydrogens is 389 g/mol. The van der Waals surface area contributed by atoms with Crippen LogP contribution in [0.25, 0.3) is 0 Å². The third-order valence-electron chi connectivity index (χ3n) is 4.91. The molecule has 6 nitrogen and oxygen atoms in total. The van der Waals surface area contributed by atoms with Crippen molar-refractivity contribution in [3.8, 4) is 11.5 Å². The van der Waals surface area contributed by atoms with Gasteiger partial charge in [0.15, 0.2) is 11.5 Å². The van der Waals surface area contributed by atoms with Crippen LogP contribution in [0.3, 0.4) is 0 Å². The molecule has 2 amide bonds. The number of benzene rings is 2. The number of halogens is 3. The number of hydrogen-bond donors (Lipinski definition) is 1. The van der Waals surface area contributed by atoms with Gasteiger partial charge in [-0.25, -0.2) is 0 Å². The number of carbonyl (C=O) groups is 2. The van der Waals surface area contributed by atoms with E-state index in [1.54, 1.807) is 18.2 Å². The Hall–Kier alpha value is -3.23. The van der Waals surface area contributed by atoms with Gasteiger partial charge < -0.3 is 19.7 Å². The molecule has 152 valence electrons. The highest BCUT2D eigenvalue weighted by atomic mass is 19.4. The molecule has 0 saturated carbocycles. The lowest BCUT2D eigenvalue weighted by Gasteiger charge is -2.18. The van der Waals surface area contributed by atoms with Gasteiger partial charge in [-0.15, -0.1) is 0 Å². The molecule has 4 rings (SSSR count). The summed E-state index contributed by atoms with van der Waals surface area (Å²) in [6.45, 7) is 0.526. The molecule has 1 N–H and O–H groups in total. The van der Waals surface area contributed by atoms with Crippen LogP contribution in [-0.4, -0.2) is 25.2 Å². The fourth-order valence-electron chi connectivity index (χ4n) is 3.39. The van der Waals surface area contributed by atoms with E-state index in [9.17, 15) is 22.8 Å². The number of anilines is 1. The fourth-order valence-corrected chi connectivity index (χ4v) is 3.39. The van der Waals surface area contributed by atoms with E-state index in [0.717, 1.165) is 17.7 Å². The highest BCUT2D eigenvalue weighted by Crippen LogP contribution is 2.34. The number of fused-ring (bicyclic) bond motifs is 1. The van der Waals surface area contributed by atoms with E-state index in [-0.39, 0.29) is 32.0 Å². The predicted molar refractivity (Wildman–Crippen MR) is 96.3 cm³/mol. The molecule has 2 aromatic carbocycles. The van der Waals surface area contributed by atoms with Crippen molar-refractivity contribution < 1.29 is 32.2 Å². The van der Waals surface area contributed by atoms with Crippen molar-refractivity contribution in [1.29, 1.82) is 0 Å². The lowest BCUT2D eigenvalue weighted by Crippen LogP contribution is -2.36. The largest absolute Gasteiger partial charge is 0.454 e. The second-order valence-electron chi connectivity index (χ2n) is 6.78. The van der Waals surface area contributed by atoms with E-state index in [2.05, 4.69) is 5.32 Å². The van der Waals surface area contributed by atoms with Gasteiger partial charge in [0.2, 0.25) is 18.6 Å². The van der Waals surface area contributed by atoms with Gasteiger partial charge in [-0.3, -0.25) is 9.59 Å². The van der Waals surface area contributed by atoms with E-state index >= 15 is 0 Å². The zero-order chi connectivity index (χ0) is 20.6. The molecule has 2 aliphatic heterocycles. The Morgan fingerprint density at radius 3 is 2.72 bits per heavy atom. The summed E-state index contributed by atoms with van der Waals surface area (Å²) >= 11 is 0. The molecule has 1 atom stereocenters. The van der Waals surface area contributed by atoms with Crippen LogP contribution in [0.4, 0.5) is 18.9 Å². The normalized spacial score (nSPS) is 18.2. The van der Waals surface area contributed by atoms with Crippen LogP contribution >= 0.6 is 0 Å². The van der Waals surface area contributed by atoms with Gasteiger partial charge in [0.05, 0.1) is 5.56 Å². The summed E-state index contributed by atoms with van der Waals surface area (Å²) in [6, 6.07) is 9.80. The van der Waals surface area contributed by atoms with Crippen LogP contribution in [-0.2, 0) is 22.3 Å². The SMILES string of the molecule is O=C(NCc1ccc2c(c1)OCO2)[C@@H]1CCN(c2cccc(C(F)(F)F)c2)C1=O. The van der Waals surface area contributed by atoms with Gasteiger partial charge >= 0.3 is 6.18 Å². The Morgan fingerprint density at radius 2 is 1.93 bits per heavy atom. The number of carbonyl (C=O) groups excluding carboxylic acids is 2. The molecule has 0 bridgehead atoms. The minimum atomic E-state index is -4.50. The van der Waals surface area contributed by atoms with Crippen LogP contribution in [0.2, 0.25) is 0 Å². The number of nitrogens with zero attached hydrogens (tertiary/aromatic N) is 1. The van der Waals surface area contributed by atoms with Gasteiger partial charge in [-0.2, -0.15) is 13.2 Å². The van der Waals surface area contributed by atoms with Crippen molar-refractivity contribution in [1.82, 2.24) is 5.32 Å². The summed E-state index contributed by atoms with van der Waals surface area (Å²) in [6.07, 6.45) is -4.26. The Kier molecular flexibility index (Phi) is 4.81. The Bertz CT molecular complexity index is 961. The standard InChI is InChI=1S/C20H17F3N2O4/c21-20(22,23)13-2-1-3-14(9-13)25-7-6-15(19(25)27)18(26)24-10-12-4-5-16-17(8-12)29-11-28-16/h1-5,8-9,15H,6-7,10-11H2,(H,24,26)/t15-/m0/s1. The highest BCUT2D eigenvalue weighted by Gasteiger charge is 2.38. The minimum absolute atomic E-state index is 0.135. The molecule has 1 fully saturated rings. The molecule has 1 saturated heterocycles. The topological polar surface area (TPSA) is 67.9 Å². The van der Waals surface area contributed by atoms with Crippen LogP contribution in [0, 0.1) is 5.92 Å². The second-order valence-corrected chi connectivity index (χ2v) is 6.78. The Balaban J connectivity index is 1.40. The first kappa shape index (κ1) is 19.1.